The summed E-state index contributed by atoms with van der Waals surface area (Å²) in [6.45, 7) is 6.87. The molecular formula is C19H26N4O4. The van der Waals surface area contributed by atoms with Crippen LogP contribution < -0.4 is 5.32 Å². The first kappa shape index (κ1) is 20.6. The van der Waals surface area contributed by atoms with Crippen molar-refractivity contribution < 1.29 is 19.8 Å². The van der Waals surface area contributed by atoms with Gasteiger partial charge >= 0.3 is 5.97 Å². The molecule has 1 heterocycles. The van der Waals surface area contributed by atoms with Gasteiger partial charge in [-0.3, -0.25) is 4.79 Å². The average molecular weight is 374 g/mol. The molecule has 0 saturated carbocycles. The van der Waals surface area contributed by atoms with Crippen LogP contribution in [-0.2, 0) is 11.2 Å². The largest absolute Gasteiger partial charge is 0.479 e. The number of aliphatic carboxylic acids is 1. The van der Waals surface area contributed by atoms with E-state index in [1.165, 1.54) is 0 Å². The zero-order valence-electron chi connectivity index (χ0n) is 16.1. The molecule has 0 aliphatic heterocycles. The molecule has 1 aromatic heterocycles. The summed E-state index contributed by atoms with van der Waals surface area (Å²) in [6, 6.07) is 7.88. The zero-order chi connectivity index (χ0) is 20.2. The van der Waals surface area contributed by atoms with Gasteiger partial charge in [0.15, 0.2) is 11.3 Å². The number of carbonyl (C=O) groups is 2. The minimum atomic E-state index is -2.05. The molecule has 0 aliphatic rings. The molecule has 2 aromatic rings. The minimum Gasteiger partial charge on any atom is -0.479 e. The van der Waals surface area contributed by atoms with Gasteiger partial charge in [0.05, 0.1) is 17.9 Å². The highest BCUT2D eigenvalue weighted by molar-refractivity contribution is 5.94. The van der Waals surface area contributed by atoms with Gasteiger partial charge < -0.3 is 15.5 Å². The van der Waals surface area contributed by atoms with Crippen LogP contribution in [0.3, 0.4) is 0 Å². The van der Waals surface area contributed by atoms with Crippen LogP contribution >= 0.6 is 0 Å². The summed E-state index contributed by atoms with van der Waals surface area (Å²) in [5, 5.41) is 29.3. The van der Waals surface area contributed by atoms with Crippen molar-refractivity contribution in [3.8, 4) is 5.69 Å². The SMILES string of the molecule is CCCc1c(C(=O)NCC(C)(O)C(=O)O)nnn1-c1cccc(C(C)C)c1. The van der Waals surface area contributed by atoms with Crippen LogP contribution in [-0.4, -0.2) is 49.2 Å². The van der Waals surface area contributed by atoms with Crippen molar-refractivity contribution in [1.29, 1.82) is 0 Å². The highest BCUT2D eigenvalue weighted by Crippen LogP contribution is 2.20. The molecule has 1 aromatic carbocycles. The van der Waals surface area contributed by atoms with E-state index in [0.717, 1.165) is 24.6 Å². The standard InChI is InChI=1S/C19H26N4O4/c1-5-7-15-16(17(24)20-11-19(4,27)18(25)26)21-22-23(15)14-9-6-8-13(10-14)12(2)3/h6,8-10,12,27H,5,7,11H2,1-4H3,(H,20,24)(H,25,26). The van der Waals surface area contributed by atoms with E-state index in [4.69, 9.17) is 5.11 Å². The summed E-state index contributed by atoms with van der Waals surface area (Å²) in [4.78, 5) is 23.5. The van der Waals surface area contributed by atoms with Gasteiger partial charge in [0.25, 0.3) is 5.91 Å². The fourth-order valence-corrected chi connectivity index (χ4v) is 2.57. The van der Waals surface area contributed by atoms with Crippen LogP contribution in [0.25, 0.3) is 5.69 Å². The van der Waals surface area contributed by atoms with Crippen molar-refractivity contribution >= 4 is 11.9 Å². The van der Waals surface area contributed by atoms with Gasteiger partial charge in [0.1, 0.15) is 0 Å². The number of aliphatic hydroxyl groups is 1. The summed E-state index contributed by atoms with van der Waals surface area (Å²) in [7, 11) is 0. The Morgan fingerprint density at radius 2 is 2.04 bits per heavy atom. The van der Waals surface area contributed by atoms with E-state index < -0.39 is 24.0 Å². The second-order valence-electron chi connectivity index (χ2n) is 7.06. The molecule has 8 nitrogen and oxygen atoms in total. The third-order valence-corrected chi connectivity index (χ3v) is 4.30. The molecule has 1 unspecified atom stereocenters. The predicted molar refractivity (Wildman–Crippen MR) is 100 cm³/mol. The van der Waals surface area contributed by atoms with Crippen LogP contribution in [0.2, 0.25) is 0 Å². The van der Waals surface area contributed by atoms with Crippen molar-refractivity contribution in [1.82, 2.24) is 20.3 Å². The highest BCUT2D eigenvalue weighted by atomic mass is 16.4. The maximum absolute atomic E-state index is 12.5. The second-order valence-corrected chi connectivity index (χ2v) is 7.06. The molecule has 146 valence electrons. The smallest absolute Gasteiger partial charge is 0.337 e. The summed E-state index contributed by atoms with van der Waals surface area (Å²) >= 11 is 0. The van der Waals surface area contributed by atoms with Crippen molar-refractivity contribution in [2.75, 3.05) is 6.54 Å². The minimum absolute atomic E-state index is 0.132. The van der Waals surface area contributed by atoms with Crippen LogP contribution in [0.5, 0.6) is 0 Å². The number of hydrogen-bond donors (Lipinski definition) is 3. The third kappa shape index (κ3) is 4.71. The molecule has 1 atom stereocenters. The summed E-state index contributed by atoms with van der Waals surface area (Å²) in [5.41, 5.74) is 0.684. The van der Waals surface area contributed by atoms with E-state index in [-0.39, 0.29) is 5.69 Å². The number of aromatic nitrogens is 3. The number of hydrogen-bond acceptors (Lipinski definition) is 5. The number of carboxylic acids is 1. The van der Waals surface area contributed by atoms with Gasteiger partial charge in [-0.25, -0.2) is 9.48 Å². The topological polar surface area (TPSA) is 117 Å². The van der Waals surface area contributed by atoms with Crippen molar-refractivity contribution in [2.45, 2.75) is 52.1 Å². The van der Waals surface area contributed by atoms with Crippen LogP contribution in [0.1, 0.15) is 61.8 Å². The summed E-state index contributed by atoms with van der Waals surface area (Å²) < 4.78 is 1.64. The first-order chi connectivity index (χ1) is 12.7. The Bertz CT molecular complexity index is 827. The normalized spacial score (nSPS) is 13.4. The van der Waals surface area contributed by atoms with Gasteiger partial charge in [-0.15, -0.1) is 5.10 Å². The number of carboxylic acid groups (broad SMARTS) is 1. The maximum atomic E-state index is 12.5. The lowest BCUT2D eigenvalue weighted by atomic mass is 10.0. The molecule has 0 spiro atoms. The highest BCUT2D eigenvalue weighted by Gasteiger charge is 2.31. The Balaban J connectivity index is 2.33. The van der Waals surface area contributed by atoms with Crippen molar-refractivity contribution in [3.63, 3.8) is 0 Å². The Morgan fingerprint density at radius 3 is 2.63 bits per heavy atom. The van der Waals surface area contributed by atoms with Crippen LogP contribution in [0.4, 0.5) is 0 Å². The predicted octanol–water partition coefficient (Wildman–Crippen LogP) is 1.91. The number of nitrogens with one attached hydrogen (secondary N) is 1. The first-order valence-corrected chi connectivity index (χ1v) is 8.96. The number of rotatable bonds is 8. The van der Waals surface area contributed by atoms with Gasteiger partial charge in [-0.05, 0) is 37.0 Å². The lowest BCUT2D eigenvalue weighted by molar-refractivity contribution is -0.155. The molecule has 8 heteroatoms. The quantitative estimate of drug-likeness (QED) is 0.650. The Morgan fingerprint density at radius 1 is 1.33 bits per heavy atom. The van der Waals surface area contributed by atoms with E-state index in [0.29, 0.717) is 18.0 Å². The van der Waals surface area contributed by atoms with E-state index >= 15 is 0 Å². The van der Waals surface area contributed by atoms with Gasteiger partial charge in [0, 0.05) is 0 Å². The molecule has 0 saturated heterocycles. The summed E-state index contributed by atoms with van der Waals surface area (Å²) in [5.74, 6) is -1.62. The van der Waals surface area contributed by atoms with Gasteiger partial charge in [-0.1, -0.05) is 44.5 Å². The van der Waals surface area contributed by atoms with E-state index in [1.807, 2.05) is 31.2 Å². The molecule has 2 rings (SSSR count). The lowest BCUT2D eigenvalue weighted by Crippen LogP contribution is -2.46. The molecule has 27 heavy (non-hydrogen) atoms. The van der Waals surface area contributed by atoms with Gasteiger partial charge in [-0.2, -0.15) is 0 Å². The third-order valence-electron chi connectivity index (χ3n) is 4.30. The van der Waals surface area contributed by atoms with E-state index in [9.17, 15) is 14.7 Å². The van der Waals surface area contributed by atoms with Gasteiger partial charge in [0.2, 0.25) is 0 Å². The maximum Gasteiger partial charge on any atom is 0.337 e. The summed E-state index contributed by atoms with van der Waals surface area (Å²) in [6.07, 6.45) is 1.36. The monoisotopic (exact) mass is 374 g/mol. The molecule has 0 radical (unpaired) electrons. The second kappa shape index (κ2) is 8.30. The molecule has 1 amide bonds. The van der Waals surface area contributed by atoms with E-state index in [1.54, 1.807) is 4.68 Å². The fourth-order valence-electron chi connectivity index (χ4n) is 2.57. The molecule has 0 fully saturated rings. The number of benzene rings is 1. The number of nitrogens with zero attached hydrogens (tertiary/aromatic N) is 3. The Labute approximate surface area is 158 Å². The number of carbonyl (C=O) groups excluding carboxylic acids is 1. The molecule has 0 aliphatic carbocycles. The van der Waals surface area contributed by atoms with Crippen LogP contribution in [0, 0.1) is 0 Å². The van der Waals surface area contributed by atoms with Crippen molar-refractivity contribution in [3.05, 3.63) is 41.2 Å². The van der Waals surface area contributed by atoms with E-state index in [2.05, 4.69) is 29.5 Å². The zero-order valence-corrected chi connectivity index (χ0v) is 16.1. The van der Waals surface area contributed by atoms with Crippen LogP contribution in [0.15, 0.2) is 24.3 Å². The Hall–Kier alpha value is -2.74. The number of amides is 1. The molecule has 0 bridgehead atoms. The lowest BCUT2D eigenvalue weighted by Gasteiger charge is -2.18. The van der Waals surface area contributed by atoms with Crippen molar-refractivity contribution in [2.24, 2.45) is 0 Å². The molecule has 3 N–H and O–H groups in total. The Kier molecular flexibility index (Phi) is 6.32. The first-order valence-electron chi connectivity index (χ1n) is 8.96. The fraction of sp³-hybridized carbons (Fsp3) is 0.474. The average Bonchev–Trinajstić information content (AvgIpc) is 3.04. The molecular weight excluding hydrogens is 348 g/mol.